The van der Waals surface area contributed by atoms with Gasteiger partial charge in [-0.15, -0.1) is 0 Å². The van der Waals surface area contributed by atoms with Crippen LogP contribution < -0.4 is 21.1 Å². The van der Waals surface area contributed by atoms with Gasteiger partial charge in [-0.1, -0.05) is 98.1 Å². The maximum Gasteiger partial charge on any atom is 0.323 e. The second-order valence-corrected chi connectivity index (χ2v) is 14.8. The smallest absolute Gasteiger partial charge is 0.323 e. The topological polar surface area (TPSA) is 132 Å². The lowest BCUT2D eigenvalue weighted by atomic mass is 10.1. The molecule has 10 nitrogen and oxygen atoms in total. The van der Waals surface area contributed by atoms with Crippen LogP contribution in [0, 0.1) is 11.6 Å². The Kier molecular flexibility index (Phi) is 21.9. The highest BCUT2D eigenvalue weighted by Crippen LogP contribution is 2.26. The van der Waals surface area contributed by atoms with Gasteiger partial charge in [0.05, 0.1) is 19.1 Å². The molecular formula is C46H57BrF2N4O6. The van der Waals surface area contributed by atoms with Gasteiger partial charge in [-0.3, -0.25) is 14.5 Å². The normalized spacial score (nSPS) is 12.0. The number of primary amides is 1. The van der Waals surface area contributed by atoms with Crippen molar-refractivity contribution >= 4 is 45.6 Å². The van der Waals surface area contributed by atoms with Gasteiger partial charge in [0.2, 0.25) is 5.91 Å². The molecule has 0 saturated heterocycles. The molecule has 0 aliphatic carbocycles. The van der Waals surface area contributed by atoms with Gasteiger partial charge in [-0.2, -0.15) is 0 Å². The number of hydrogen-bond acceptors (Lipinski definition) is 7. The highest BCUT2D eigenvalue weighted by atomic mass is 79.9. The van der Waals surface area contributed by atoms with Crippen molar-refractivity contribution in [1.82, 2.24) is 10.2 Å². The molecule has 3 amide bonds. The van der Waals surface area contributed by atoms with Gasteiger partial charge in [0.15, 0.2) is 11.6 Å². The van der Waals surface area contributed by atoms with Gasteiger partial charge in [0, 0.05) is 35.9 Å². The van der Waals surface area contributed by atoms with Crippen LogP contribution in [0.5, 0.6) is 11.5 Å². The van der Waals surface area contributed by atoms with Crippen molar-refractivity contribution in [2.24, 2.45) is 5.73 Å². The first-order chi connectivity index (χ1) is 28.4. The number of ether oxygens (including phenoxy) is 3. The van der Waals surface area contributed by atoms with E-state index < -0.39 is 29.7 Å². The van der Waals surface area contributed by atoms with E-state index in [4.69, 9.17) is 19.9 Å². The van der Waals surface area contributed by atoms with Crippen LogP contribution in [0.25, 0.3) is 6.08 Å². The van der Waals surface area contributed by atoms with Crippen LogP contribution in [0.4, 0.5) is 19.3 Å². The van der Waals surface area contributed by atoms with E-state index in [9.17, 15) is 23.2 Å². The summed E-state index contributed by atoms with van der Waals surface area (Å²) < 4.78 is 45.6. The molecule has 0 bridgehead atoms. The summed E-state index contributed by atoms with van der Waals surface area (Å²) in [5.41, 5.74) is 8.46. The van der Waals surface area contributed by atoms with Crippen LogP contribution in [-0.2, 0) is 32.0 Å². The van der Waals surface area contributed by atoms with E-state index in [-0.39, 0.29) is 43.9 Å². The van der Waals surface area contributed by atoms with Crippen LogP contribution in [0.3, 0.4) is 0 Å². The molecule has 4 N–H and O–H groups in total. The summed E-state index contributed by atoms with van der Waals surface area (Å²) in [6, 6.07) is 23.7. The quantitative estimate of drug-likeness (QED) is 0.0529. The van der Waals surface area contributed by atoms with E-state index in [0.717, 1.165) is 39.7 Å². The maximum atomic E-state index is 14.2. The monoisotopic (exact) mass is 878 g/mol. The predicted molar refractivity (Wildman–Crippen MR) is 233 cm³/mol. The van der Waals surface area contributed by atoms with Crippen LogP contribution in [0.1, 0.15) is 76.5 Å². The lowest BCUT2D eigenvalue weighted by Gasteiger charge is -2.29. The first-order valence-electron chi connectivity index (χ1n) is 20.0. The Hall–Kier alpha value is -5.11. The summed E-state index contributed by atoms with van der Waals surface area (Å²) in [5.74, 6) is -1.88. The summed E-state index contributed by atoms with van der Waals surface area (Å²) in [5, 5.41) is 5.53. The lowest BCUT2D eigenvalue weighted by molar-refractivity contribution is -0.152. The summed E-state index contributed by atoms with van der Waals surface area (Å²) in [6.45, 7) is 9.56. The van der Waals surface area contributed by atoms with Gasteiger partial charge in [-0.25, -0.2) is 13.6 Å². The molecular weight excluding hydrogens is 822 g/mol. The number of carbonyl (C=O) groups is 3. The third kappa shape index (κ3) is 19.0. The van der Waals surface area contributed by atoms with Gasteiger partial charge in [-0.05, 0) is 91.4 Å². The number of unbranched alkanes of at least 4 members (excludes halogenated alkanes) is 1. The molecule has 0 spiro atoms. The minimum atomic E-state index is -0.822. The molecule has 59 heavy (non-hydrogen) atoms. The highest BCUT2D eigenvalue weighted by Gasteiger charge is 2.27. The number of hydrogen-bond donors (Lipinski definition) is 3. The fraction of sp³-hybridized carbons (Fsp3) is 0.370. The van der Waals surface area contributed by atoms with E-state index >= 15 is 0 Å². The Balaban J connectivity index is 0.00000222. The predicted octanol–water partition coefficient (Wildman–Crippen LogP) is 10.2. The zero-order valence-electron chi connectivity index (χ0n) is 34.4. The number of halogens is 3. The van der Waals surface area contributed by atoms with Crippen molar-refractivity contribution in [3.8, 4) is 11.5 Å². The van der Waals surface area contributed by atoms with E-state index in [2.05, 4.69) is 40.4 Å². The summed E-state index contributed by atoms with van der Waals surface area (Å²) in [7, 11) is 0. The van der Waals surface area contributed by atoms with Gasteiger partial charge >= 0.3 is 12.0 Å². The molecule has 0 fully saturated rings. The average molecular weight is 880 g/mol. The Morgan fingerprint density at radius 2 is 1.64 bits per heavy atom. The molecule has 4 aromatic rings. The third-order valence-electron chi connectivity index (χ3n) is 8.98. The molecule has 0 aliphatic heterocycles. The van der Waals surface area contributed by atoms with Crippen molar-refractivity contribution in [3.05, 3.63) is 130 Å². The number of amides is 3. The number of anilines is 1. The SMILES string of the molecule is CCC(C)OCCOC(=O)C(CCCNC(N)=O)N(C/C=C/c1cccc(NC(=O)Cc2cccc(Br)c2)c1)Cc1ccc(Oc2ccc(F)cc2F)cc1.CCCC. The van der Waals surface area contributed by atoms with Crippen LogP contribution in [-0.4, -0.2) is 61.3 Å². The second-order valence-electron chi connectivity index (χ2n) is 13.8. The van der Waals surface area contributed by atoms with Crippen molar-refractivity contribution in [2.75, 3.05) is 31.6 Å². The molecule has 2 unspecified atom stereocenters. The molecule has 13 heteroatoms. The first-order valence-corrected chi connectivity index (χ1v) is 20.8. The maximum absolute atomic E-state index is 14.2. The van der Waals surface area contributed by atoms with Crippen LogP contribution >= 0.6 is 15.9 Å². The standard InChI is InChI=1S/C42H47BrF2N4O6.C4H10/c1-3-29(2)53-22-23-54-41(51)38(13-6-20-47-42(46)52)49(28-31-14-17-36(18-15-31)55-39-19-16-34(44)27-37(39)45)21-7-10-30-8-5-12-35(25-30)48-40(50)26-32-9-4-11-33(43)24-32;1-3-4-2/h4-5,7-12,14-19,24-25,27,29,38H,3,6,13,20-23,26,28H2,1-2H3,(H,48,50)(H3,46,47,52);3-4H2,1-2H3/b10-7+;. The molecule has 4 aromatic carbocycles. The van der Waals surface area contributed by atoms with E-state index in [1.54, 1.807) is 24.3 Å². The van der Waals surface area contributed by atoms with Gasteiger partial charge in [0.25, 0.3) is 0 Å². The number of nitrogens with one attached hydrogen (secondary N) is 2. The minimum Gasteiger partial charge on any atom is -0.462 e. The summed E-state index contributed by atoms with van der Waals surface area (Å²) >= 11 is 3.44. The Morgan fingerprint density at radius 1 is 0.898 bits per heavy atom. The molecule has 4 rings (SSSR count). The molecule has 2 atom stereocenters. The third-order valence-corrected chi connectivity index (χ3v) is 9.47. The summed E-state index contributed by atoms with van der Waals surface area (Å²) in [4.78, 5) is 39.8. The molecule has 0 aromatic heterocycles. The largest absolute Gasteiger partial charge is 0.462 e. The average Bonchev–Trinajstić information content (AvgIpc) is 3.21. The minimum absolute atomic E-state index is 0.0284. The second kappa shape index (κ2) is 26.8. The van der Waals surface area contributed by atoms with Crippen molar-refractivity contribution < 1.29 is 37.4 Å². The highest BCUT2D eigenvalue weighted by molar-refractivity contribution is 9.10. The zero-order chi connectivity index (χ0) is 43.0. The fourth-order valence-corrected chi connectivity index (χ4v) is 5.97. The van der Waals surface area contributed by atoms with Gasteiger partial charge in [0.1, 0.15) is 24.2 Å². The summed E-state index contributed by atoms with van der Waals surface area (Å²) in [6.07, 6.45) is 8.34. The van der Waals surface area contributed by atoms with E-state index in [1.807, 2.05) is 79.4 Å². The van der Waals surface area contributed by atoms with Crippen LogP contribution in [0.2, 0.25) is 0 Å². The number of benzene rings is 4. The lowest BCUT2D eigenvalue weighted by Crippen LogP contribution is -2.43. The Bertz CT molecular complexity index is 1930. The zero-order valence-corrected chi connectivity index (χ0v) is 35.9. The Labute approximate surface area is 355 Å². The Morgan fingerprint density at radius 3 is 2.32 bits per heavy atom. The molecule has 0 saturated carbocycles. The van der Waals surface area contributed by atoms with Crippen molar-refractivity contribution in [2.45, 2.75) is 84.9 Å². The number of urea groups is 1. The molecule has 0 heterocycles. The van der Waals surface area contributed by atoms with E-state index in [1.165, 1.54) is 18.9 Å². The fourth-order valence-electron chi connectivity index (χ4n) is 5.53. The number of rotatable bonds is 22. The number of carbonyl (C=O) groups excluding carboxylic acids is 3. The van der Waals surface area contributed by atoms with E-state index in [0.29, 0.717) is 37.4 Å². The number of nitrogens with two attached hydrogens (primary N) is 1. The number of esters is 1. The molecule has 0 aliphatic rings. The molecule has 0 radical (unpaired) electrons. The molecule has 318 valence electrons. The van der Waals surface area contributed by atoms with Crippen LogP contribution in [0.15, 0.2) is 102 Å². The number of nitrogens with zero attached hydrogens (tertiary/aromatic N) is 1. The van der Waals surface area contributed by atoms with Crippen molar-refractivity contribution in [1.29, 1.82) is 0 Å². The first kappa shape index (κ1) is 48.3. The van der Waals surface area contributed by atoms with Crippen molar-refractivity contribution in [3.63, 3.8) is 0 Å². The van der Waals surface area contributed by atoms with Gasteiger partial charge < -0.3 is 30.6 Å².